The lowest BCUT2D eigenvalue weighted by Gasteiger charge is -2.45. The van der Waals surface area contributed by atoms with E-state index in [2.05, 4.69) is 87.2 Å². The number of fused-ring (bicyclic) bond motifs is 4. The molecule has 510 valence electrons. The van der Waals surface area contributed by atoms with Crippen LogP contribution in [0.1, 0.15) is 168 Å². The summed E-state index contributed by atoms with van der Waals surface area (Å²) < 4.78 is 60.3. The monoisotopic (exact) mass is 1300 g/mol. The first-order valence-electron chi connectivity index (χ1n) is 36.1. The van der Waals surface area contributed by atoms with Gasteiger partial charge in [0.2, 0.25) is 0 Å². The van der Waals surface area contributed by atoms with E-state index in [4.69, 9.17) is 40.0 Å². The fraction of sp³-hybridized carbons (Fsp3) is 0.654. The Morgan fingerprint density at radius 1 is 0.613 bits per heavy atom. The SMILES string of the molecule is CCOC(=O)N1CCC(CN2CCC(c3ccccc3C)CC2)CC1.COc1c(F)cc(F)cc1C1CCN(C2CCOCC2)CC1.COc1ccc(Cl)cc1C1(OC)CCN(C2CC3CCC2C3)CC1.COc1ccccc1C1CCN(CC2CC3C=CC2C3)CC1. The van der Waals surface area contributed by atoms with Gasteiger partial charge >= 0.3 is 6.09 Å². The van der Waals surface area contributed by atoms with Gasteiger partial charge in [0, 0.05) is 93.9 Å². The number of carbonyl (C=O) groups is 1. The number of hydrogen-bond acceptors (Lipinski definition) is 11. The Kier molecular flexibility index (Phi) is 25.0. The summed E-state index contributed by atoms with van der Waals surface area (Å²) >= 11 is 6.27. The molecule has 6 heterocycles. The van der Waals surface area contributed by atoms with E-state index in [1.54, 1.807) is 19.8 Å². The Balaban J connectivity index is 0.000000127. The molecule has 9 fully saturated rings. The summed E-state index contributed by atoms with van der Waals surface area (Å²) in [7, 11) is 6.78. The van der Waals surface area contributed by atoms with Crippen LogP contribution >= 0.6 is 11.6 Å². The second kappa shape index (κ2) is 33.4. The van der Waals surface area contributed by atoms with Crippen LogP contribution in [0.15, 0.2) is 91.0 Å². The summed E-state index contributed by atoms with van der Waals surface area (Å²) in [6, 6.07) is 27.0. The van der Waals surface area contributed by atoms with Crippen molar-refractivity contribution in [2.75, 3.05) is 127 Å². The van der Waals surface area contributed by atoms with Crippen molar-refractivity contribution in [3.8, 4) is 17.2 Å². The summed E-state index contributed by atoms with van der Waals surface area (Å²) in [5.41, 5.74) is 5.90. The minimum Gasteiger partial charge on any atom is -0.496 e. The van der Waals surface area contributed by atoms with Crippen LogP contribution in [0, 0.1) is 54.1 Å². The number of carbonyl (C=O) groups excluding carboxylic acids is 1. The van der Waals surface area contributed by atoms with E-state index < -0.39 is 11.6 Å². The molecule has 6 atom stereocenters. The van der Waals surface area contributed by atoms with Gasteiger partial charge in [-0.25, -0.2) is 13.6 Å². The van der Waals surface area contributed by atoms with Gasteiger partial charge in [-0.3, -0.25) is 4.90 Å². The third-order valence-corrected chi connectivity index (χ3v) is 23.9. The lowest BCUT2D eigenvalue weighted by molar-refractivity contribution is -0.0739. The molecule has 4 aromatic rings. The van der Waals surface area contributed by atoms with Crippen LogP contribution in [-0.2, 0) is 19.8 Å². The van der Waals surface area contributed by atoms with Gasteiger partial charge < -0.3 is 48.0 Å². The Morgan fingerprint density at radius 2 is 1.26 bits per heavy atom. The topological polar surface area (TPSA) is 88.7 Å². The Morgan fingerprint density at radius 3 is 1.86 bits per heavy atom. The van der Waals surface area contributed by atoms with E-state index in [1.807, 2.05) is 37.1 Å². The molecule has 4 aromatic carbocycles. The molecule has 4 bridgehead atoms. The van der Waals surface area contributed by atoms with E-state index >= 15 is 0 Å². The minimum absolute atomic E-state index is 0.139. The number of nitrogens with zero attached hydrogens (tertiary/aromatic N) is 5. The van der Waals surface area contributed by atoms with Gasteiger partial charge in [0.1, 0.15) is 17.3 Å². The van der Waals surface area contributed by atoms with Crippen LogP contribution in [-0.4, -0.2) is 169 Å². The first kappa shape index (κ1) is 69.5. The van der Waals surface area contributed by atoms with Gasteiger partial charge in [-0.1, -0.05) is 72.6 Å². The molecule has 15 heteroatoms. The van der Waals surface area contributed by atoms with Crippen LogP contribution in [0.4, 0.5) is 13.6 Å². The highest BCUT2D eigenvalue weighted by atomic mass is 35.5. The van der Waals surface area contributed by atoms with Crippen LogP contribution in [0.3, 0.4) is 0 Å². The van der Waals surface area contributed by atoms with Crippen LogP contribution in [0.2, 0.25) is 5.02 Å². The highest BCUT2D eigenvalue weighted by molar-refractivity contribution is 6.30. The molecule has 1 amide bonds. The van der Waals surface area contributed by atoms with Crippen LogP contribution in [0.25, 0.3) is 0 Å². The fourth-order valence-electron chi connectivity index (χ4n) is 18.4. The zero-order valence-electron chi connectivity index (χ0n) is 57.1. The number of amides is 1. The van der Waals surface area contributed by atoms with Crippen molar-refractivity contribution in [3.63, 3.8) is 0 Å². The Bertz CT molecular complexity index is 3020. The molecule has 0 N–H and O–H groups in total. The number of rotatable bonds is 15. The molecule has 0 aromatic heterocycles. The van der Waals surface area contributed by atoms with Gasteiger partial charge in [-0.15, -0.1) is 0 Å². The summed E-state index contributed by atoms with van der Waals surface area (Å²) in [6.07, 6.45) is 26.8. The second-order valence-corrected chi connectivity index (χ2v) is 29.3. The van der Waals surface area contributed by atoms with Crippen molar-refractivity contribution in [2.24, 2.45) is 35.5 Å². The summed E-state index contributed by atoms with van der Waals surface area (Å²) in [5.74, 6) is 7.97. The van der Waals surface area contributed by atoms with Gasteiger partial charge in [-0.2, -0.15) is 0 Å². The molecule has 6 aliphatic heterocycles. The van der Waals surface area contributed by atoms with E-state index in [0.717, 1.165) is 179 Å². The summed E-state index contributed by atoms with van der Waals surface area (Å²) in [5, 5.41) is 0.748. The van der Waals surface area contributed by atoms with Crippen molar-refractivity contribution >= 4 is 17.7 Å². The minimum atomic E-state index is -0.607. The molecule has 10 aliphatic rings. The lowest BCUT2D eigenvalue weighted by atomic mass is 9.82. The smallest absolute Gasteiger partial charge is 0.409 e. The molecule has 0 radical (unpaired) electrons. The molecule has 6 saturated heterocycles. The van der Waals surface area contributed by atoms with E-state index in [-0.39, 0.29) is 23.4 Å². The molecule has 3 saturated carbocycles. The number of halogens is 3. The maximum atomic E-state index is 13.8. The molecule has 12 nitrogen and oxygen atoms in total. The molecule has 93 heavy (non-hydrogen) atoms. The highest BCUT2D eigenvalue weighted by Gasteiger charge is 2.46. The lowest BCUT2D eigenvalue weighted by Crippen LogP contribution is -2.49. The predicted octanol–water partition coefficient (Wildman–Crippen LogP) is 15.9. The molecule has 4 aliphatic carbocycles. The molecule has 0 spiro atoms. The number of methoxy groups -OCH3 is 4. The number of allylic oxidation sites excluding steroid dienone is 2. The Labute approximate surface area is 561 Å². The van der Waals surface area contributed by atoms with Crippen molar-refractivity contribution in [3.05, 3.63) is 135 Å². The van der Waals surface area contributed by atoms with Crippen molar-refractivity contribution in [2.45, 2.75) is 165 Å². The van der Waals surface area contributed by atoms with Crippen LogP contribution in [0.5, 0.6) is 17.2 Å². The van der Waals surface area contributed by atoms with Gasteiger partial charge in [0.15, 0.2) is 11.6 Å². The maximum Gasteiger partial charge on any atom is 0.409 e. The van der Waals surface area contributed by atoms with Gasteiger partial charge in [0.05, 0.1) is 33.5 Å². The van der Waals surface area contributed by atoms with E-state index in [9.17, 15) is 13.6 Å². The van der Waals surface area contributed by atoms with Gasteiger partial charge in [0.25, 0.3) is 0 Å². The second-order valence-electron chi connectivity index (χ2n) is 28.9. The summed E-state index contributed by atoms with van der Waals surface area (Å²) in [6.45, 7) is 19.5. The van der Waals surface area contributed by atoms with Crippen LogP contribution < -0.4 is 14.2 Å². The number of benzene rings is 4. The zero-order valence-corrected chi connectivity index (χ0v) is 57.8. The molecular formula is C78H110ClF2N5O7. The van der Waals surface area contributed by atoms with E-state index in [1.165, 1.54) is 128 Å². The number of hydrogen-bond donors (Lipinski definition) is 0. The highest BCUT2D eigenvalue weighted by Crippen LogP contribution is 2.50. The molecule has 6 unspecified atom stereocenters. The Hall–Kier alpha value is -4.80. The summed E-state index contributed by atoms with van der Waals surface area (Å²) in [4.78, 5) is 24.2. The normalized spacial score (nSPS) is 26.6. The average molecular weight is 1300 g/mol. The average Bonchev–Trinajstić information content (AvgIpc) is 1.91. The first-order chi connectivity index (χ1) is 45.3. The molecular weight excluding hydrogens is 1190 g/mol. The molecule has 14 rings (SSSR count). The fourth-order valence-corrected chi connectivity index (χ4v) is 18.6. The van der Waals surface area contributed by atoms with Crippen molar-refractivity contribution in [1.82, 2.24) is 24.5 Å². The standard InChI is InChI=1S/C21H32N2O2.C20H28ClNO2.C20H27NO.C17H23F2NO2/c1-3-25-21(24)23-14-8-18(9-15-23)16-22-12-10-19(11-13-22)20-7-5-4-6-17(20)2;1-23-19-6-5-16(21)13-17(19)20(24-2)7-9-22(10-8-20)18-12-14-3-4-15(18)11-14;1-22-20-5-3-2-4-19(20)16-8-10-21(11-9-16)14-18-13-15-6-7-17(18)12-15;1-21-17-15(10-13(18)11-16(17)19)12-2-6-20(7-3-12)14-4-8-22-9-5-14/h4-7,18-19H,3,8-16H2,1-2H3;5-6,13-15,18H,3-4,7-12H2,1-2H3;2-7,15-18H,8-14H2,1H3;10-12,14H,2-9H2,1H3. The van der Waals surface area contributed by atoms with Crippen molar-refractivity contribution in [1.29, 1.82) is 0 Å². The predicted molar refractivity (Wildman–Crippen MR) is 368 cm³/mol. The van der Waals surface area contributed by atoms with Gasteiger partial charge in [-0.05, 0) is 263 Å². The van der Waals surface area contributed by atoms with Crippen molar-refractivity contribution < 1.29 is 42.0 Å². The number of aryl methyl sites for hydroxylation is 1. The maximum absolute atomic E-state index is 13.8. The first-order valence-corrected chi connectivity index (χ1v) is 36.4. The number of para-hydroxylation sites is 1. The zero-order chi connectivity index (χ0) is 64.8. The number of ether oxygens (including phenoxy) is 6. The largest absolute Gasteiger partial charge is 0.496 e. The number of likely N-dealkylation sites (tertiary alicyclic amines) is 5. The van der Waals surface area contributed by atoms with E-state index in [0.29, 0.717) is 24.1 Å². The number of piperidine rings is 5. The third-order valence-electron chi connectivity index (χ3n) is 23.7. The third kappa shape index (κ3) is 17.5. The quantitative estimate of drug-likeness (QED) is 0.107.